The minimum atomic E-state index is -0.520. The summed E-state index contributed by atoms with van der Waals surface area (Å²) in [4.78, 5) is 2.04. The lowest BCUT2D eigenvalue weighted by molar-refractivity contribution is -0.236. The van der Waals surface area contributed by atoms with E-state index >= 15 is 0 Å². The number of ether oxygens (including phenoxy) is 3. The van der Waals surface area contributed by atoms with Gasteiger partial charge in [0.05, 0.1) is 19.3 Å². The number of likely N-dealkylation sites (N-methyl/N-ethyl adjacent to an activating group) is 1. The third-order valence-electron chi connectivity index (χ3n) is 1.78. The van der Waals surface area contributed by atoms with Gasteiger partial charge in [-0.1, -0.05) is 0 Å². The predicted octanol–water partition coefficient (Wildman–Crippen LogP) is -0.778. The molecule has 1 aliphatic rings. The Morgan fingerprint density at radius 2 is 2.31 bits per heavy atom. The first-order valence-corrected chi connectivity index (χ1v) is 4.46. The van der Waals surface area contributed by atoms with Crippen LogP contribution in [-0.2, 0) is 14.2 Å². The van der Waals surface area contributed by atoms with E-state index < -0.39 is 6.48 Å². The first-order chi connectivity index (χ1) is 6.22. The first kappa shape index (κ1) is 10.9. The highest BCUT2D eigenvalue weighted by atomic mass is 16.9. The van der Waals surface area contributed by atoms with E-state index in [1.165, 1.54) is 0 Å². The summed E-state index contributed by atoms with van der Waals surface area (Å²) in [6.45, 7) is 1.95. The van der Waals surface area contributed by atoms with Gasteiger partial charge in [0, 0.05) is 13.1 Å². The van der Waals surface area contributed by atoms with E-state index in [1.54, 1.807) is 0 Å². The first-order valence-electron chi connectivity index (χ1n) is 4.46. The summed E-state index contributed by atoms with van der Waals surface area (Å²) in [5.41, 5.74) is 5.40. The molecule has 5 heteroatoms. The van der Waals surface area contributed by atoms with Crippen LogP contribution in [0.3, 0.4) is 0 Å². The van der Waals surface area contributed by atoms with Crippen molar-refractivity contribution in [2.75, 3.05) is 40.4 Å². The van der Waals surface area contributed by atoms with Crippen LogP contribution < -0.4 is 5.73 Å². The Balaban J connectivity index is 2.03. The zero-order valence-electron chi connectivity index (χ0n) is 8.23. The molecule has 0 spiro atoms. The van der Waals surface area contributed by atoms with Crippen LogP contribution in [0.25, 0.3) is 0 Å². The summed E-state index contributed by atoms with van der Waals surface area (Å²) >= 11 is 0. The van der Waals surface area contributed by atoms with E-state index in [0.29, 0.717) is 19.8 Å². The van der Waals surface area contributed by atoms with E-state index in [9.17, 15) is 0 Å². The van der Waals surface area contributed by atoms with Crippen molar-refractivity contribution < 1.29 is 14.2 Å². The molecular weight excluding hydrogens is 172 g/mol. The summed E-state index contributed by atoms with van der Waals surface area (Å²) in [6, 6.07) is 0. The molecule has 0 aromatic rings. The van der Waals surface area contributed by atoms with Crippen LogP contribution in [0.4, 0.5) is 0 Å². The van der Waals surface area contributed by atoms with Gasteiger partial charge in [-0.25, -0.2) is 0 Å². The third kappa shape index (κ3) is 4.02. The van der Waals surface area contributed by atoms with Crippen molar-refractivity contribution in [3.8, 4) is 0 Å². The highest BCUT2D eigenvalue weighted by Gasteiger charge is 2.25. The van der Waals surface area contributed by atoms with Gasteiger partial charge in [0.1, 0.15) is 0 Å². The second-order valence-electron chi connectivity index (χ2n) is 3.29. The molecule has 13 heavy (non-hydrogen) atoms. The van der Waals surface area contributed by atoms with E-state index in [4.69, 9.17) is 19.9 Å². The van der Waals surface area contributed by atoms with Crippen molar-refractivity contribution in [1.82, 2.24) is 4.90 Å². The number of nitrogens with zero attached hydrogens (tertiary/aromatic N) is 1. The van der Waals surface area contributed by atoms with Crippen LogP contribution in [0, 0.1) is 0 Å². The van der Waals surface area contributed by atoms with Crippen molar-refractivity contribution in [1.29, 1.82) is 0 Å². The Bertz CT molecular complexity index is 143. The van der Waals surface area contributed by atoms with Gasteiger partial charge in [-0.05, 0) is 14.1 Å². The number of nitrogens with two attached hydrogens (primary N) is 1. The number of hydrogen-bond acceptors (Lipinski definition) is 5. The largest absolute Gasteiger partial charge is 0.329 e. The zero-order chi connectivity index (χ0) is 9.68. The Hall–Kier alpha value is -0.200. The highest BCUT2D eigenvalue weighted by Crippen LogP contribution is 2.11. The lowest BCUT2D eigenvalue weighted by atomic mass is 10.4. The summed E-state index contributed by atoms with van der Waals surface area (Å²) in [6.07, 6.45) is -0.00986. The molecule has 2 unspecified atom stereocenters. The lowest BCUT2D eigenvalue weighted by Crippen LogP contribution is -2.25. The molecule has 1 rings (SSSR count). The molecule has 0 amide bonds. The van der Waals surface area contributed by atoms with E-state index in [2.05, 4.69) is 0 Å². The van der Waals surface area contributed by atoms with Crippen LogP contribution in [0.15, 0.2) is 0 Å². The molecule has 78 valence electrons. The SMILES string of the molecule is CN(C)CCOC1OCC(CN)O1. The third-order valence-corrected chi connectivity index (χ3v) is 1.78. The maximum absolute atomic E-state index is 5.40. The summed E-state index contributed by atoms with van der Waals surface area (Å²) in [7, 11) is 3.98. The molecule has 5 nitrogen and oxygen atoms in total. The molecule has 1 aliphatic heterocycles. The summed E-state index contributed by atoms with van der Waals surface area (Å²) in [5, 5.41) is 0. The minimum Gasteiger partial charge on any atom is -0.329 e. The Morgan fingerprint density at radius 1 is 1.54 bits per heavy atom. The Labute approximate surface area is 78.7 Å². The summed E-state index contributed by atoms with van der Waals surface area (Å²) in [5.74, 6) is 0. The second kappa shape index (κ2) is 5.51. The van der Waals surface area contributed by atoms with Crippen molar-refractivity contribution in [2.45, 2.75) is 12.6 Å². The van der Waals surface area contributed by atoms with Gasteiger partial charge >= 0.3 is 0 Å². The molecule has 1 heterocycles. The molecular formula is C8H18N2O3. The van der Waals surface area contributed by atoms with Crippen molar-refractivity contribution in [3.63, 3.8) is 0 Å². The molecule has 0 aliphatic carbocycles. The van der Waals surface area contributed by atoms with Crippen LogP contribution >= 0.6 is 0 Å². The lowest BCUT2D eigenvalue weighted by Gasteiger charge is -2.13. The predicted molar refractivity (Wildman–Crippen MR) is 48.2 cm³/mol. The fourth-order valence-electron chi connectivity index (χ4n) is 0.964. The van der Waals surface area contributed by atoms with Gasteiger partial charge < -0.3 is 24.8 Å². The van der Waals surface area contributed by atoms with Crippen LogP contribution in [0.1, 0.15) is 0 Å². The van der Waals surface area contributed by atoms with Crippen molar-refractivity contribution >= 4 is 0 Å². The molecule has 0 bridgehead atoms. The van der Waals surface area contributed by atoms with Crippen LogP contribution in [0.2, 0.25) is 0 Å². The van der Waals surface area contributed by atoms with Gasteiger partial charge in [-0.2, -0.15) is 0 Å². The Morgan fingerprint density at radius 3 is 2.85 bits per heavy atom. The second-order valence-corrected chi connectivity index (χ2v) is 3.29. The zero-order valence-corrected chi connectivity index (χ0v) is 8.23. The molecule has 2 N–H and O–H groups in total. The number of rotatable bonds is 5. The van der Waals surface area contributed by atoms with E-state index in [-0.39, 0.29) is 6.10 Å². The monoisotopic (exact) mass is 190 g/mol. The molecule has 0 radical (unpaired) electrons. The van der Waals surface area contributed by atoms with E-state index in [0.717, 1.165) is 6.54 Å². The maximum Gasteiger partial charge on any atom is 0.272 e. The molecule has 0 saturated carbocycles. The van der Waals surface area contributed by atoms with Gasteiger partial charge in [0.2, 0.25) is 0 Å². The number of hydrogen-bond donors (Lipinski definition) is 1. The maximum atomic E-state index is 5.40. The van der Waals surface area contributed by atoms with Gasteiger partial charge in [-0.3, -0.25) is 0 Å². The summed E-state index contributed by atoms with van der Waals surface area (Å²) < 4.78 is 15.8. The molecule has 2 atom stereocenters. The Kier molecular flexibility index (Phi) is 4.61. The van der Waals surface area contributed by atoms with Crippen molar-refractivity contribution in [2.24, 2.45) is 5.73 Å². The average Bonchev–Trinajstić information content (AvgIpc) is 2.52. The standard InChI is InChI=1S/C8H18N2O3/c1-10(2)3-4-11-8-12-6-7(5-9)13-8/h7-8H,3-6,9H2,1-2H3. The van der Waals surface area contributed by atoms with Crippen LogP contribution in [-0.4, -0.2) is 57.9 Å². The van der Waals surface area contributed by atoms with E-state index in [1.807, 2.05) is 19.0 Å². The molecule has 1 fully saturated rings. The molecule has 0 aromatic heterocycles. The minimum absolute atomic E-state index is 0.00986. The molecule has 1 saturated heterocycles. The molecule has 0 aromatic carbocycles. The van der Waals surface area contributed by atoms with Gasteiger partial charge in [0.25, 0.3) is 6.48 Å². The van der Waals surface area contributed by atoms with Gasteiger partial charge in [0.15, 0.2) is 0 Å². The highest BCUT2D eigenvalue weighted by molar-refractivity contribution is 4.61. The van der Waals surface area contributed by atoms with Crippen molar-refractivity contribution in [3.05, 3.63) is 0 Å². The topological polar surface area (TPSA) is 57.0 Å². The fraction of sp³-hybridized carbons (Fsp3) is 1.00. The smallest absolute Gasteiger partial charge is 0.272 e. The average molecular weight is 190 g/mol. The fourth-order valence-corrected chi connectivity index (χ4v) is 0.964. The quantitative estimate of drug-likeness (QED) is 0.616. The van der Waals surface area contributed by atoms with Gasteiger partial charge in [-0.15, -0.1) is 0 Å². The normalized spacial score (nSPS) is 28.6. The van der Waals surface area contributed by atoms with Crippen LogP contribution in [0.5, 0.6) is 0 Å².